The van der Waals surface area contributed by atoms with Gasteiger partial charge in [0.05, 0.1) is 5.69 Å². The Bertz CT molecular complexity index is 518. The lowest BCUT2D eigenvalue weighted by Gasteiger charge is -2.14. The molecule has 4 N–H and O–H groups in total. The van der Waals surface area contributed by atoms with Gasteiger partial charge in [0.1, 0.15) is 5.52 Å². The second kappa shape index (κ2) is 6.43. The van der Waals surface area contributed by atoms with Gasteiger partial charge in [-0.1, -0.05) is 19.4 Å². The molecule has 2 aromatic rings. The summed E-state index contributed by atoms with van der Waals surface area (Å²) in [6, 6.07) is 5.99. The smallest absolute Gasteiger partial charge is 0.295 e. The molecule has 0 spiro atoms. The van der Waals surface area contributed by atoms with Crippen molar-refractivity contribution in [3.63, 3.8) is 0 Å². The molecule has 1 aromatic carbocycles. The van der Waals surface area contributed by atoms with Crippen LogP contribution in [0.2, 0.25) is 0 Å². The number of anilines is 2. The van der Waals surface area contributed by atoms with Gasteiger partial charge in [0.15, 0.2) is 5.58 Å². The van der Waals surface area contributed by atoms with Crippen molar-refractivity contribution in [1.82, 2.24) is 4.98 Å². The average molecular weight is 263 g/mol. The van der Waals surface area contributed by atoms with Crippen molar-refractivity contribution in [1.29, 1.82) is 0 Å². The van der Waals surface area contributed by atoms with Gasteiger partial charge in [-0.2, -0.15) is 4.98 Å². The Balaban J connectivity index is 2.02. The maximum Gasteiger partial charge on any atom is 0.295 e. The summed E-state index contributed by atoms with van der Waals surface area (Å²) in [5.41, 5.74) is 7.84. The monoisotopic (exact) mass is 263 g/mol. The highest BCUT2D eigenvalue weighted by Gasteiger charge is 2.11. The summed E-state index contributed by atoms with van der Waals surface area (Å²) in [5.74, 6) is 0.433. The summed E-state index contributed by atoms with van der Waals surface area (Å²) in [7, 11) is 0. The van der Waals surface area contributed by atoms with Crippen LogP contribution >= 0.6 is 0 Å². The molecule has 104 valence electrons. The molecule has 19 heavy (non-hydrogen) atoms. The van der Waals surface area contributed by atoms with Crippen LogP contribution in [0.15, 0.2) is 22.6 Å². The van der Waals surface area contributed by atoms with Crippen LogP contribution in [0.3, 0.4) is 0 Å². The third kappa shape index (κ3) is 3.38. The Morgan fingerprint density at radius 2 is 2.26 bits per heavy atom. The van der Waals surface area contributed by atoms with Crippen LogP contribution in [0, 0.1) is 5.92 Å². The van der Waals surface area contributed by atoms with E-state index >= 15 is 0 Å². The van der Waals surface area contributed by atoms with Gasteiger partial charge in [-0.05, 0) is 30.9 Å². The lowest BCUT2D eigenvalue weighted by molar-refractivity contribution is 0.255. The zero-order valence-corrected chi connectivity index (χ0v) is 11.2. The molecule has 2 rings (SSSR count). The van der Waals surface area contributed by atoms with E-state index in [1.165, 1.54) is 0 Å². The summed E-state index contributed by atoms with van der Waals surface area (Å²) in [5, 5.41) is 12.2. The molecule has 0 aliphatic carbocycles. The van der Waals surface area contributed by atoms with Crippen molar-refractivity contribution < 1.29 is 9.52 Å². The molecule has 5 heteroatoms. The van der Waals surface area contributed by atoms with Crippen molar-refractivity contribution in [2.45, 2.75) is 26.2 Å². The van der Waals surface area contributed by atoms with Gasteiger partial charge < -0.3 is 20.6 Å². The first-order chi connectivity index (χ1) is 9.24. The highest BCUT2D eigenvalue weighted by atomic mass is 16.4. The molecule has 0 amide bonds. The molecule has 1 aromatic heterocycles. The van der Waals surface area contributed by atoms with Crippen LogP contribution in [0.1, 0.15) is 26.2 Å². The largest absolute Gasteiger partial charge is 0.423 e. The molecule has 0 aliphatic heterocycles. The topological polar surface area (TPSA) is 84.3 Å². The molecule has 1 unspecified atom stereocenters. The molecule has 0 radical (unpaired) electrons. The average Bonchev–Trinajstić information content (AvgIpc) is 2.81. The second-order valence-corrected chi connectivity index (χ2v) is 4.76. The number of aromatic nitrogens is 1. The fourth-order valence-electron chi connectivity index (χ4n) is 2.22. The van der Waals surface area contributed by atoms with E-state index in [4.69, 9.17) is 15.3 Å². The molecule has 1 atom stereocenters. The van der Waals surface area contributed by atoms with Gasteiger partial charge in [-0.15, -0.1) is 0 Å². The highest BCUT2D eigenvalue weighted by Crippen LogP contribution is 2.24. The standard InChI is InChI=1S/C14H21N3O2/c1-2-4-10(7-8-18)9-16-14-17-13-11(15)5-3-6-12(13)19-14/h3,5-6,10,18H,2,4,7-9,15H2,1H3,(H,16,17). The number of nitrogens with two attached hydrogens (primary N) is 1. The van der Waals surface area contributed by atoms with E-state index < -0.39 is 0 Å². The zero-order valence-electron chi connectivity index (χ0n) is 11.2. The van der Waals surface area contributed by atoms with E-state index in [0.717, 1.165) is 25.8 Å². The fourth-order valence-corrected chi connectivity index (χ4v) is 2.22. The minimum absolute atomic E-state index is 0.215. The molecule has 5 nitrogen and oxygen atoms in total. The van der Waals surface area contributed by atoms with Gasteiger partial charge in [0, 0.05) is 13.2 Å². The number of nitrogens with one attached hydrogen (secondary N) is 1. The van der Waals surface area contributed by atoms with E-state index in [1.54, 1.807) is 6.07 Å². The van der Waals surface area contributed by atoms with Gasteiger partial charge in [-0.25, -0.2) is 0 Å². The van der Waals surface area contributed by atoms with Crippen molar-refractivity contribution in [3.8, 4) is 0 Å². The number of nitrogens with zero attached hydrogens (tertiary/aromatic N) is 1. The summed E-state index contributed by atoms with van der Waals surface area (Å²) in [6.45, 7) is 3.11. The summed E-state index contributed by atoms with van der Waals surface area (Å²) < 4.78 is 5.59. The van der Waals surface area contributed by atoms with Crippen molar-refractivity contribution in [3.05, 3.63) is 18.2 Å². The number of hydrogen-bond donors (Lipinski definition) is 3. The first-order valence-corrected chi connectivity index (χ1v) is 6.74. The van der Waals surface area contributed by atoms with Crippen molar-refractivity contribution in [2.24, 2.45) is 5.92 Å². The maximum atomic E-state index is 9.03. The van der Waals surface area contributed by atoms with Gasteiger partial charge in [0.2, 0.25) is 0 Å². The third-order valence-corrected chi connectivity index (χ3v) is 3.23. The number of nitrogen functional groups attached to an aromatic ring is 1. The van der Waals surface area contributed by atoms with Crippen LogP contribution in [-0.2, 0) is 0 Å². The van der Waals surface area contributed by atoms with Crippen LogP contribution in [0.5, 0.6) is 0 Å². The number of aliphatic hydroxyl groups is 1. The first kappa shape index (κ1) is 13.7. The third-order valence-electron chi connectivity index (χ3n) is 3.23. The number of benzene rings is 1. The summed E-state index contributed by atoms with van der Waals surface area (Å²) in [6.07, 6.45) is 2.98. The molecular weight excluding hydrogens is 242 g/mol. The number of fused-ring (bicyclic) bond motifs is 1. The van der Waals surface area contributed by atoms with E-state index in [2.05, 4.69) is 17.2 Å². The molecule has 0 aliphatic rings. The SMILES string of the molecule is CCCC(CCO)CNc1nc2c(N)cccc2o1. The van der Waals surface area contributed by atoms with Gasteiger partial charge in [0.25, 0.3) is 6.01 Å². The Hall–Kier alpha value is -1.75. The minimum Gasteiger partial charge on any atom is -0.423 e. The molecular formula is C14H21N3O2. The summed E-state index contributed by atoms with van der Waals surface area (Å²) in [4.78, 5) is 4.34. The lowest BCUT2D eigenvalue weighted by Crippen LogP contribution is -2.15. The predicted molar refractivity (Wildman–Crippen MR) is 77.0 cm³/mol. The molecule has 0 saturated heterocycles. The van der Waals surface area contributed by atoms with Crippen LogP contribution in [-0.4, -0.2) is 23.2 Å². The van der Waals surface area contributed by atoms with E-state index in [0.29, 0.717) is 28.7 Å². The number of oxazole rings is 1. The second-order valence-electron chi connectivity index (χ2n) is 4.76. The molecule has 0 saturated carbocycles. The van der Waals surface area contributed by atoms with Crippen LogP contribution in [0.4, 0.5) is 11.7 Å². The maximum absolute atomic E-state index is 9.03. The number of hydrogen-bond acceptors (Lipinski definition) is 5. The Morgan fingerprint density at radius 3 is 2.95 bits per heavy atom. The molecule has 0 fully saturated rings. The van der Waals surface area contributed by atoms with Gasteiger partial charge in [-0.3, -0.25) is 0 Å². The van der Waals surface area contributed by atoms with E-state index in [-0.39, 0.29) is 6.61 Å². The van der Waals surface area contributed by atoms with Crippen LogP contribution in [0.25, 0.3) is 11.1 Å². The number of aliphatic hydroxyl groups excluding tert-OH is 1. The number of rotatable bonds is 7. The first-order valence-electron chi connectivity index (χ1n) is 6.74. The highest BCUT2D eigenvalue weighted by molar-refractivity contribution is 5.86. The normalized spacial score (nSPS) is 12.7. The summed E-state index contributed by atoms with van der Waals surface area (Å²) >= 11 is 0. The molecule has 1 heterocycles. The van der Waals surface area contributed by atoms with Crippen LogP contribution < -0.4 is 11.1 Å². The van der Waals surface area contributed by atoms with E-state index in [1.807, 2.05) is 12.1 Å². The van der Waals surface area contributed by atoms with Crippen molar-refractivity contribution >= 4 is 22.8 Å². The number of para-hydroxylation sites is 1. The minimum atomic E-state index is 0.215. The quantitative estimate of drug-likeness (QED) is 0.669. The fraction of sp³-hybridized carbons (Fsp3) is 0.500. The Labute approximate surface area is 112 Å². The zero-order chi connectivity index (χ0) is 13.7. The van der Waals surface area contributed by atoms with Gasteiger partial charge >= 0.3 is 0 Å². The Morgan fingerprint density at radius 1 is 1.42 bits per heavy atom. The van der Waals surface area contributed by atoms with E-state index in [9.17, 15) is 0 Å². The molecule has 0 bridgehead atoms. The van der Waals surface area contributed by atoms with Crippen molar-refractivity contribution in [2.75, 3.05) is 24.2 Å². The predicted octanol–water partition coefficient (Wildman–Crippen LogP) is 2.62. The Kier molecular flexibility index (Phi) is 4.63. The lowest BCUT2D eigenvalue weighted by atomic mass is 10.0.